The number of thiophene rings is 1. The normalized spacial score (nSPS) is 19.8. The highest BCUT2D eigenvalue weighted by Crippen LogP contribution is 2.46. The van der Waals surface area contributed by atoms with Crippen LogP contribution in [0.3, 0.4) is 0 Å². The van der Waals surface area contributed by atoms with Crippen molar-refractivity contribution >= 4 is 29.1 Å². The minimum Gasteiger partial charge on any atom is -0.460 e. The van der Waals surface area contributed by atoms with E-state index < -0.39 is 17.9 Å². The van der Waals surface area contributed by atoms with Crippen LogP contribution in [0.1, 0.15) is 55.9 Å². The van der Waals surface area contributed by atoms with Crippen LogP contribution in [0.2, 0.25) is 0 Å². The maximum absolute atomic E-state index is 13.5. The molecule has 0 radical (unpaired) electrons. The Morgan fingerprint density at radius 1 is 1.11 bits per heavy atom. The second-order valence-corrected chi connectivity index (χ2v) is 9.51. The first kappa shape index (κ1) is 24.9. The van der Waals surface area contributed by atoms with Gasteiger partial charge in [-0.25, -0.2) is 4.79 Å². The molecule has 0 saturated heterocycles. The fourth-order valence-electron chi connectivity index (χ4n) is 4.68. The Kier molecular flexibility index (Phi) is 7.83. The molecule has 35 heavy (non-hydrogen) atoms. The Morgan fingerprint density at radius 3 is 2.54 bits per heavy atom. The van der Waals surface area contributed by atoms with E-state index in [0.717, 1.165) is 11.3 Å². The molecule has 8 heteroatoms. The number of allylic oxidation sites excluding steroid dienone is 3. The minimum atomic E-state index is -0.575. The number of nitrogens with one attached hydrogen (secondary N) is 1. The number of ether oxygens (including phenoxy) is 3. The smallest absolute Gasteiger partial charge is 0.336 e. The fraction of sp³-hybridized carbons (Fsp3) is 0.370. The number of hydrogen-bond donors (Lipinski definition) is 1. The molecule has 0 fully saturated rings. The fourth-order valence-corrected chi connectivity index (χ4v) is 5.51. The van der Waals surface area contributed by atoms with Gasteiger partial charge in [0, 0.05) is 53.6 Å². The van der Waals surface area contributed by atoms with E-state index in [1.165, 1.54) is 11.8 Å². The van der Waals surface area contributed by atoms with Gasteiger partial charge in [0.25, 0.3) is 0 Å². The van der Waals surface area contributed by atoms with E-state index in [2.05, 4.69) is 11.4 Å². The number of esters is 2. The Hall–Kier alpha value is -3.23. The summed E-state index contributed by atoms with van der Waals surface area (Å²) in [6.45, 7) is 6.02. The Balaban J connectivity index is 1.70. The average Bonchev–Trinajstić information content (AvgIpc) is 3.36. The molecule has 0 amide bonds. The SMILES string of the molecule is CCOCCOC(=O)C1=C(C)NC2=C(C(=O)CC(c3cccs3)C2)C1c1ccc(OC(C)=O)cc1. The van der Waals surface area contributed by atoms with Crippen molar-refractivity contribution < 1.29 is 28.6 Å². The summed E-state index contributed by atoms with van der Waals surface area (Å²) in [5.74, 6) is -0.955. The zero-order chi connectivity index (χ0) is 24.9. The Morgan fingerprint density at radius 2 is 1.89 bits per heavy atom. The van der Waals surface area contributed by atoms with Gasteiger partial charge in [0.2, 0.25) is 0 Å². The van der Waals surface area contributed by atoms with Gasteiger partial charge >= 0.3 is 11.9 Å². The van der Waals surface area contributed by atoms with E-state index in [0.29, 0.717) is 48.6 Å². The summed E-state index contributed by atoms with van der Waals surface area (Å²) in [6.07, 6.45) is 1.07. The number of hydrogen-bond acceptors (Lipinski definition) is 8. The average molecular weight is 496 g/mol. The summed E-state index contributed by atoms with van der Waals surface area (Å²) >= 11 is 1.65. The van der Waals surface area contributed by atoms with E-state index in [9.17, 15) is 14.4 Å². The quantitative estimate of drug-likeness (QED) is 0.325. The van der Waals surface area contributed by atoms with Gasteiger partial charge in [-0.2, -0.15) is 0 Å². The zero-order valence-corrected chi connectivity index (χ0v) is 20.9. The van der Waals surface area contributed by atoms with E-state index in [-0.39, 0.29) is 18.3 Å². The molecule has 2 aromatic rings. The Bertz CT molecular complexity index is 1160. The first-order valence-corrected chi connectivity index (χ1v) is 12.6. The number of benzene rings is 1. The van der Waals surface area contributed by atoms with Gasteiger partial charge < -0.3 is 19.5 Å². The third kappa shape index (κ3) is 5.55. The molecule has 2 unspecified atom stereocenters. The summed E-state index contributed by atoms with van der Waals surface area (Å²) in [4.78, 5) is 39.3. The predicted octanol–water partition coefficient (Wildman–Crippen LogP) is 4.61. The van der Waals surface area contributed by atoms with Crippen molar-refractivity contribution in [3.63, 3.8) is 0 Å². The molecule has 0 spiro atoms. The van der Waals surface area contributed by atoms with Crippen LogP contribution in [-0.4, -0.2) is 37.5 Å². The van der Waals surface area contributed by atoms with Gasteiger partial charge in [0.1, 0.15) is 12.4 Å². The number of Topliss-reactive ketones (excluding diaryl/α,β-unsaturated/α-hetero) is 1. The highest BCUT2D eigenvalue weighted by molar-refractivity contribution is 7.10. The van der Waals surface area contributed by atoms with Gasteiger partial charge in [0.05, 0.1) is 12.2 Å². The maximum atomic E-state index is 13.5. The van der Waals surface area contributed by atoms with Crippen molar-refractivity contribution in [2.24, 2.45) is 0 Å². The van der Waals surface area contributed by atoms with E-state index >= 15 is 0 Å². The summed E-state index contributed by atoms with van der Waals surface area (Å²) in [6, 6.07) is 11.0. The molecule has 2 heterocycles. The number of dihydropyridines is 1. The van der Waals surface area contributed by atoms with E-state index in [1.54, 1.807) is 35.6 Å². The molecule has 1 aromatic heterocycles. The lowest BCUT2D eigenvalue weighted by Gasteiger charge is -2.36. The largest absolute Gasteiger partial charge is 0.460 e. The molecule has 7 nitrogen and oxygen atoms in total. The number of carbonyl (C=O) groups is 3. The summed E-state index contributed by atoms with van der Waals surface area (Å²) < 4.78 is 16.0. The van der Waals surface area contributed by atoms with Crippen LogP contribution in [0.4, 0.5) is 0 Å². The summed E-state index contributed by atoms with van der Waals surface area (Å²) in [5, 5.41) is 5.37. The third-order valence-electron chi connectivity index (χ3n) is 6.13. The number of carbonyl (C=O) groups excluding carboxylic acids is 3. The van der Waals surface area contributed by atoms with Crippen molar-refractivity contribution in [1.82, 2.24) is 5.32 Å². The monoisotopic (exact) mass is 495 g/mol. The molecule has 184 valence electrons. The zero-order valence-electron chi connectivity index (χ0n) is 20.1. The summed E-state index contributed by atoms with van der Waals surface area (Å²) in [7, 11) is 0. The van der Waals surface area contributed by atoms with Crippen molar-refractivity contribution in [1.29, 1.82) is 0 Å². The van der Waals surface area contributed by atoms with Crippen LogP contribution in [0.25, 0.3) is 0 Å². The van der Waals surface area contributed by atoms with Crippen LogP contribution < -0.4 is 10.1 Å². The van der Waals surface area contributed by atoms with Gasteiger partial charge in [0.15, 0.2) is 5.78 Å². The molecule has 2 atom stereocenters. The molecule has 4 rings (SSSR count). The lowest BCUT2D eigenvalue weighted by atomic mass is 9.72. The highest BCUT2D eigenvalue weighted by atomic mass is 32.1. The molecule has 1 aliphatic heterocycles. The van der Waals surface area contributed by atoms with E-state index in [1.807, 2.05) is 25.3 Å². The first-order chi connectivity index (χ1) is 16.9. The van der Waals surface area contributed by atoms with Gasteiger partial charge in [-0.1, -0.05) is 18.2 Å². The molecule has 2 aliphatic rings. The number of rotatable bonds is 8. The molecule has 0 bridgehead atoms. The third-order valence-corrected chi connectivity index (χ3v) is 7.17. The van der Waals surface area contributed by atoms with Crippen molar-refractivity contribution in [2.75, 3.05) is 19.8 Å². The molecule has 1 aromatic carbocycles. The topological polar surface area (TPSA) is 90.9 Å². The van der Waals surface area contributed by atoms with Crippen molar-refractivity contribution in [2.45, 2.75) is 45.4 Å². The second kappa shape index (κ2) is 11.0. The van der Waals surface area contributed by atoms with Crippen LogP contribution in [0, 0.1) is 0 Å². The lowest BCUT2D eigenvalue weighted by Crippen LogP contribution is -2.36. The van der Waals surface area contributed by atoms with Crippen LogP contribution in [-0.2, 0) is 23.9 Å². The van der Waals surface area contributed by atoms with Gasteiger partial charge in [-0.15, -0.1) is 11.3 Å². The molecule has 1 aliphatic carbocycles. The Labute approximate surface area is 208 Å². The molecule has 1 N–H and O–H groups in total. The van der Waals surface area contributed by atoms with Crippen molar-refractivity contribution in [3.8, 4) is 5.75 Å². The molecule has 0 saturated carbocycles. The number of ketones is 1. The van der Waals surface area contributed by atoms with Crippen molar-refractivity contribution in [3.05, 3.63) is 74.8 Å². The lowest BCUT2D eigenvalue weighted by molar-refractivity contribution is -0.141. The standard InChI is InChI=1S/C27H29NO6S/c1-4-32-11-12-33-27(31)24-16(2)28-21-14-19(23-6-5-13-35-23)15-22(30)26(21)25(24)18-7-9-20(10-8-18)34-17(3)29/h5-10,13,19,25,28H,4,11-12,14-15H2,1-3H3. The second-order valence-electron chi connectivity index (χ2n) is 8.53. The molecular formula is C27H29NO6S. The van der Waals surface area contributed by atoms with Gasteiger partial charge in [-0.3, -0.25) is 9.59 Å². The first-order valence-electron chi connectivity index (χ1n) is 11.7. The maximum Gasteiger partial charge on any atom is 0.336 e. The van der Waals surface area contributed by atoms with Crippen LogP contribution in [0.5, 0.6) is 5.75 Å². The van der Waals surface area contributed by atoms with Crippen LogP contribution in [0.15, 0.2) is 64.3 Å². The predicted molar refractivity (Wildman–Crippen MR) is 132 cm³/mol. The summed E-state index contributed by atoms with van der Waals surface area (Å²) in [5.41, 5.74) is 3.27. The highest BCUT2D eigenvalue weighted by Gasteiger charge is 2.41. The van der Waals surface area contributed by atoms with E-state index in [4.69, 9.17) is 14.2 Å². The minimum absolute atomic E-state index is 0.0123. The van der Waals surface area contributed by atoms with Crippen LogP contribution >= 0.6 is 11.3 Å². The van der Waals surface area contributed by atoms with Gasteiger partial charge in [-0.05, 0) is 49.4 Å². The molecular weight excluding hydrogens is 466 g/mol.